The van der Waals surface area contributed by atoms with Gasteiger partial charge in [-0.2, -0.15) is 0 Å². The van der Waals surface area contributed by atoms with Crippen LogP contribution in [-0.4, -0.2) is 41.6 Å². The number of piperidine rings is 1. The third kappa shape index (κ3) is 4.81. The number of likely N-dealkylation sites (tertiary alicyclic amines) is 1. The second-order valence-electron chi connectivity index (χ2n) is 5.81. The van der Waals surface area contributed by atoms with Crippen molar-refractivity contribution in [2.75, 3.05) is 25.0 Å². The zero-order valence-corrected chi connectivity index (χ0v) is 12.3. The number of carbonyl (C=O) groups excluding carboxylic acids is 1. The SMILES string of the molecule is CC(C)CN1CCC(NC(=O)Nc2cccnc2)CC1. The summed E-state index contributed by atoms with van der Waals surface area (Å²) >= 11 is 0. The van der Waals surface area contributed by atoms with Gasteiger partial charge in [0.2, 0.25) is 0 Å². The molecule has 1 aliphatic heterocycles. The van der Waals surface area contributed by atoms with Crippen molar-refractivity contribution < 1.29 is 4.79 Å². The van der Waals surface area contributed by atoms with Crippen molar-refractivity contribution in [2.45, 2.75) is 32.7 Å². The molecule has 0 radical (unpaired) electrons. The molecule has 0 spiro atoms. The summed E-state index contributed by atoms with van der Waals surface area (Å²) in [6, 6.07) is 3.77. The number of nitrogens with one attached hydrogen (secondary N) is 2. The van der Waals surface area contributed by atoms with Gasteiger partial charge < -0.3 is 15.5 Å². The van der Waals surface area contributed by atoms with Gasteiger partial charge in [0, 0.05) is 31.9 Å². The first-order valence-electron chi connectivity index (χ1n) is 7.33. The topological polar surface area (TPSA) is 57.3 Å². The molecular formula is C15H24N4O. The third-order valence-electron chi connectivity index (χ3n) is 3.47. The molecule has 1 saturated heterocycles. The number of nitrogens with zero attached hydrogens (tertiary/aromatic N) is 2. The molecule has 2 rings (SSSR count). The summed E-state index contributed by atoms with van der Waals surface area (Å²) in [6.45, 7) is 7.76. The first-order chi connectivity index (χ1) is 9.63. The number of amides is 2. The van der Waals surface area contributed by atoms with Crippen LogP contribution in [0.15, 0.2) is 24.5 Å². The predicted molar refractivity (Wildman–Crippen MR) is 80.7 cm³/mol. The van der Waals surface area contributed by atoms with E-state index in [-0.39, 0.29) is 12.1 Å². The standard InChI is InChI=1S/C15H24N4O/c1-12(2)11-19-8-5-13(6-9-19)17-15(20)18-14-4-3-7-16-10-14/h3-4,7,10,12-13H,5-6,8-9,11H2,1-2H3,(H2,17,18,20). The van der Waals surface area contributed by atoms with Crippen molar-refractivity contribution in [1.82, 2.24) is 15.2 Å². The van der Waals surface area contributed by atoms with Gasteiger partial charge in [0.15, 0.2) is 0 Å². The van der Waals surface area contributed by atoms with Crippen molar-refractivity contribution in [3.8, 4) is 0 Å². The Labute approximate surface area is 120 Å². The minimum atomic E-state index is -0.139. The van der Waals surface area contributed by atoms with Crippen molar-refractivity contribution in [1.29, 1.82) is 0 Å². The lowest BCUT2D eigenvalue weighted by atomic mass is 10.0. The van der Waals surface area contributed by atoms with E-state index in [4.69, 9.17) is 0 Å². The van der Waals surface area contributed by atoms with Crippen LogP contribution in [0, 0.1) is 5.92 Å². The van der Waals surface area contributed by atoms with Crippen molar-refractivity contribution in [3.05, 3.63) is 24.5 Å². The van der Waals surface area contributed by atoms with E-state index in [2.05, 4.69) is 34.4 Å². The first-order valence-corrected chi connectivity index (χ1v) is 7.33. The average molecular weight is 276 g/mol. The Morgan fingerprint density at radius 3 is 2.80 bits per heavy atom. The third-order valence-corrected chi connectivity index (χ3v) is 3.47. The zero-order chi connectivity index (χ0) is 14.4. The number of urea groups is 1. The van der Waals surface area contributed by atoms with Crippen LogP contribution in [-0.2, 0) is 0 Å². The van der Waals surface area contributed by atoms with Crippen LogP contribution in [0.2, 0.25) is 0 Å². The van der Waals surface area contributed by atoms with E-state index in [1.807, 2.05) is 6.07 Å². The summed E-state index contributed by atoms with van der Waals surface area (Å²) in [5.74, 6) is 0.702. The van der Waals surface area contributed by atoms with Crippen molar-refractivity contribution >= 4 is 11.7 Å². The highest BCUT2D eigenvalue weighted by molar-refractivity contribution is 5.89. The zero-order valence-electron chi connectivity index (χ0n) is 12.3. The minimum absolute atomic E-state index is 0.139. The predicted octanol–water partition coefficient (Wildman–Crippen LogP) is 2.32. The Kier molecular flexibility index (Phi) is 5.35. The molecule has 2 amide bonds. The second kappa shape index (κ2) is 7.24. The van der Waals surface area contributed by atoms with Gasteiger partial charge in [0.05, 0.1) is 11.9 Å². The highest BCUT2D eigenvalue weighted by Gasteiger charge is 2.20. The number of hydrogen-bond acceptors (Lipinski definition) is 3. The van der Waals surface area contributed by atoms with Gasteiger partial charge in [-0.15, -0.1) is 0 Å². The van der Waals surface area contributed by atoms with Crippen LogP contribution in [0.1, 0.15) is 26.7 Å². The van der Waals surface area contributed by atoms with Crippen LogP contribution in [0.3, 0.4) is 0 Å². The molecule has 1 aliphatic rings. The lowest BCUT2D eigenvalue weighted by Gasteiger charge is -2.33. The number of anilines is 1. The van der Waals surface area contributed by atoms with Crippen molar-refractivity contribution in [2.24, 2.45) is 5.92 Å². The van der Waals surface area contributed by atoms with Gasteiger partial charge in [-0.3, -0.25) is 4.98 Å². The molecule has 0 atom stereocenters. The number of aromatic nitrogens is 1. The van der Waals surface area contributed by atoms with Gasteiger partial charge in [-0.05, 0) is 30.9 Å². The molecule has 5 heteroatoms. The molecule has 0 aromatic carbocycles. The van der Waals surface area contributed by atoms with Gasteiger partial charge >= 0.3 is 6.03 Å². The Morgan fingerprint density at radius 2 is 2.20 bits per heavy atom. The fourth-order valence-corrected chi connectivity index (χ4v) is 2.57. The summed E-state index contributed by atoms with van der Waals surface area (Å²) in [4.78, 5) is 18.3. The Morgan fingerprint density at radius 1 is 1.45 bits per heavy atom. The van der Waals surface area contributed by atoms with Gasteiger partial charge in [-0.25, -0.2) is 4.79 Å². The van der Waals surface area contributed by atoms with Crippen LogP contribution >= 0.6 is 0 Å². The van der Waals surface area contributed by atoms with E-state index >= 15 is 0 Å². The molecule has 0 aliphatic carbocycles. The number of pyridine rings is 1. The van der Waals surface area contributed by atoms with E-state index in [1.54, 1.807) is 18.5 Å². The second-order valence-corrected chi connectivity index (χ2v) is 5.81. The summed E-state index contributed by atoms with van der Waals surface area (Å²) in [5.41, 5.74) is 0.724. The first kappa shape index (κ1) is 14.8. The van der Waals surface area contributed by atoms with E-state index in [9.17, 15) is 4.79 Å². The van der Waals surface area contributed by atoms with Crippen LogP contribution in [0.25, 0.3) is 0 Å². The fraction of sp³-hybridized carbons (Fsp3) is 0.600. The van der Waals surface area contributed by atoms with Crippen molar-refractivity contribution in [3.63, 3.8) is 0 Å². The van der Waals surface area contributed by atoms with Gasteiger partial charge in [-0.1, -0.05) is 13.8 Å². The summed E-state index contributed by atoms with van der Waals surface area (Å²) in [7, 11) is 0. The molecule has 2 N–H and O–H groups in total. The lowest BCUT2D eigenvalue weighted by Crippen LogP contribution is -2.46. The molecule has 2 heterocycles. The Hall–Kier alpha value is -1.62. The summed E-state index contributed by atoms with van der Waals surface area (Å²) in [6.07, 6.45) is 5.37. The maximum absolute atomic E-state index is 11.9. The maximum Gasteiger partial charge on any atom is 0.319 e. The monoisotopic (exact) mass is 276 g/mol. The smallest absolute Gasteiger partial charge is 0.319 e. The highest BCUT2D eigenvalue weighted by atomic mass is 16.2. The molecule has 1 aromatic rings. The molecule has 0 bridgehead atoms. The van der Waals surface area contributed by atoms with Gasteiger partial charge in [0.1, 0.15) is 0 Å². The number of rotatable bonds is 4. The average Bonchev–Trinajstić information content (AvgIpc) is 2.41. The molecule has 0 saturated carbocycles. The summed E-state index contributed by atoms with van der Waals surface area (Å²) < 4.78 is 0. The van der Waals surface area contributed by atoms with Gasteiger partial charge in [0.25, 0.3) is 0 Å². The molecule has 20 heavy (non-hydrogen) atoms. The fourth-order valence-electron chi connectivity index (χ4n) is 2.57. The quantitative estimate of drug-likeness (QED) is 0.887. The van der Waals surface area contributed by atoms with E-state index in [0.29, 0.717) is 5.92 Å². The van der Waals surface area contributed by atoms with Crippen LogP contribution in [0.5, 0.6) is 0 Å². The normalized spacial score (nSPS) is 17.1. The largest absolute Gasteiger partial charge is 0.335 e. The Bertz CT molecular complexity index is 413. The molecule has 110 valence electrons. The molecule has 0 unspecified atom stereocenters. The Balaban J connectivity index is 1.71. The highest BCUT2D eigenvalue weighted by Crippen LogP contribution is 2.12. The number of hydrogen-bond donors (Lipinski definition) is 2. The summed E-state index contributed by atoms with van der Waals surface area (Å²) in [5, 5.41) is 5.84. The van der Waals surface area contributed by atoms with Crippen LogP contribution < -0.4 is 10.6 Å². The maximum atomic E-state index is 11.9. The molecular weight excluding hydrogens is 252 g/mol. The lowest BCUT2D eigenvalue weighted by molar-refractivity contribution is 0.180. The number of carbonyl (C=O) groups is 1. The van der Waals surface area contributed by atoms with E-state index in [0.717, 1.165) is 38.2 Å². The molecule has 1 fully saturated rings. The van der Waals surface area contributed by atoms with E-state index in [1.165, 1.54) is 0 Å². The van der Waals surface area contributed by atoms with E-state index < -0.39 is 0 Å². The molecule has 1 aromatic heterocycles. The minimum Gasteiger partial charge on any atom is -0.335 e. The molecule has 5 nitrogen and oxygen atoms in total. The van der Waals surface area contributed by atoms with Crippen LogP contribution in [0.4, 0.5) is 10.5 Å².